The van der Waals surface area contributed by atoms with E-state index in [1.807, 2.05) is 43.3 Å². The molecule has 164 valence electrons. The van der Waals surface area contributed by atoms with Crippen molar-refractivity contribution in [2.75, 3.05) is 7.11 Å². The summed E-state index contributed by atoms with van der Waals surface area (Å²) in [5.74, 6) is 0.632. The first kappa shape index (κ1) is 21.0. The maximum Gasteiger partial charge on any atom is 0.321 e. The summed E-state index contributed by atoms with van der Waals surface area (Å²) in [6.07, 6.45) is 0.445. The number of carbonyl (C=O) groups is 1. The van der Waals surface area contributed by atoms with Gasteiger partial charge in [0.25, 0.3) is 0 Å². The van der Waals surface area contributed by atoms with Crippen LogP contribution in [0.2, 0.25) is 0 Å². The molecule has 0 bridgehead atoms. The summed E-state index contributed by atoms with van der Waals surface area (Å²) in [5.41, 5.74) is 5.12. The van der Waals surface area contributed by atoms with Crippen molar-refractivity contribution in [2.24, 2.45) is 0 Å². The van der Waals surface area contributed by atoms with Gasteiger partial charge in [0, 0.05) is 34.3 Å². The highest BCUT2D eigenvalue weighted by molar-refractivity contribution is 8.00. The third-order valence-corrected chi connectivity index (χ3v) is 7.73. The van der Waals surface area contributed by atoms with Crippen molar-refractivity contribution in [3.8, 4) is 5.75 Å². The second-order valence-electron chi connectivity index (χ2n) is 7.70. The van der Waals surface area contributed by atoms with E-state index in [0.29, 0.717) is 12.2 Å². The fourth-order valence-corrected chi connectivity index (χ4v) is 6.02. The van der Waals surface area contributed by atoms with E-state index in [1.54, 1.807) is 30.2 Å². The number of aryl methyl sites for hydroxylation is 1. The number of hydrogen-bond acceptors (Lipinski definition) is 7. The number of ether oxygens (including phenoxy) is 1. The second kappa shape index (κ2) is 8.57. The molecule has 5 rings (SSSR count). The Morgan fingerprint density at radius 2 is 2.12 bits per heavy atom. The van der Waals surface area contributed by atoms with Gasteiger partial charge in [0.2, 0.25) is 0 Å². The van der Waals surface area contributed by atoms with Crippen molar-refractivity contribution in [1.82, 2.24) is 20.5 Å². The van der Waals surface area contributed by atoms with Crippen LogP contribution in [0.3, 0.4) is 0 Å². The largest absolute Gasteiger partial charge is 0.496 e. The van der Waals surface area contributed by atoms with Crippen molar-refractivity contribution in [3.05, 3.63) is 69.9 Å². The average molecular weight is 467 g/mol. The predicted molar refractivity (Wildman–Crippen MR) is 126 cm³/mol. The number of carboxylic acids is 1. The van der Waals surface area contributed by atoms with Gasteiger partial charge < -0.3 is 14.8 Å². The highest BCUT2D eigenvalue weighted by Gasteiger charge is 2.34. The first-order chi connectivity index (χ1) is 15.5. The van der Waals surface area contributed by atoms with Gasteiger partial charge in [-0.2, -0.15) is 0 Å². The van der Waals surface area contributed by atoms with Gasteiger partial charge in [0.1, 0.15) is 16.8 Å². The number of fused-ring (bicyclic) bond motifs is 3. The molecule has 0 spiro atoms. The van der Waals surface area contributed by atoms with Crippen LogP contribution in [0.15, 0.2) is 46.8 Å². The first-order valence-electron chi connectivity index (χ1n) is 10.2. The van der Waals surface area contributed by atoms with Crippen molar-refractivity contribution >= 4 is 40.0 Å². The Morgan fingerprint density at radius 3 is 2.88 bits per heavy atom. The lowest BCUT2D eigenvalue weighted by atomic mass is 9.90. The number of H-pyrrole nitrogens is 1. The average Bonchev–Trinajstić information content (AvgIpc) is 3.39. The van der Waals surface area contributed by atoms with Crippen LogP contribution in [0.1, 0.15) is 33.4 Å². The Balaban J connectivity index is 1.54. The lowest BCUT2D eigenvalue weighted by Crippen LogP contribution is -2.45. The molecule has 3 heterocycles. The number of aromatic amines is 1. The molecule has 1 aliphatic heterocycles. The summed E-state index contributed by atoms with van der Waals surface area (Å²) in [4.78, 5) is 15.4. The summed E-state index contributed by atoms with van der Waals surface area (Å²) in [6.45, 7) is 1.94. The highest BCUT2D eigenvalue weighted by atomic mass is 32.2. The van der Waals surface area contributed by atoms with Gasteiger partial charge in [-0.1, -0.05) is 47.4 Å². The van der Waals surface area contributed by atoms with E-state index in [2.05, 4.69) is 26.6 Å². The normalized spacial score (nSPS) is 17.9. The SMILES string of the molecule is COc1ccc([C@@H]2N[C@H](C(=O)O)Cc3c2[nH]c2ccccc32)cc1CSc1nnc(C)s1. The number of aromatic nitrogens is 3. The Kier molecular flexibility index (Phi) is 5.62. The van der Waals surface area contributed by atoms with Crippen LogP contribution >= 0.6 is 23.1 Å². The maximum absolute atomic E-state index is 11.9. The molecular formula is C23H22N4O3S2. The van der Waals surface area contributed by atoms with Gasteiger partial charge in [0.15, 0.2) is 4.34 Å². The Bertz CT molecular complexity index is 1300. The third kappa shape index (κ3) is 3.87. The molecule has 32 heavy (non-hydrogen) atoms. The maximum atomic E-state index is 11.9. The standard InChI is InChI=1S/C23H22N4O3S2/c1-12-26-27-23(32-12)31-11-14-9-13(7-8-19(14)30-2)20-21-16(10-18(25-20)22(28)29)15-5-3-4-6-17(15)24-21/h3-9,18,20,24-25H,10-11H2,1-2H3,(H,28,29)/t18-,20-/m0/s1. The molecule has 0 fully saturated rings. The molecule has 1 aliphatic rings. The van der Waals surface area contributed by atoms with E-state index < -0.39 is 12.0 Å². The van der Waals surface area contributed by atoms with Crippen LogP contribution in [-0.4, -0.2) is 39.4 Å². The van der Waals surface area contributed by atoms with Gasteiger partial charge in [-0.3, -0.25) is 10.1 Å². The summed E-state index contributed by atoms with van der Waals surface area (Å²) >= 11 is 3.18. The van der Waals surface area contributed by atoms with Crippen LogP contribution in [0.4, 0.5) is 0 Å². The number of aliphatic carboxylic acids is 1. The molecule has 0 saturated heterocycles. The molecule has 0 aliphatic carbocycles. The lowest BCUT2D eigenvalue weighted by molar-refractivity contribution is -0.139. The molecule has 7 nitrogen and oxygen atoms in total. The molecule has 2 aromatic carbocycles. The number of methoxy groups -OCH3 is 1. The predicted octanol–water partition coefficient (Wildman–Crippen LogP) is 4.32. The van der Waals surface area contributed by atoms with Gasteiger partial charge in [0.05, 0.1) is 13.2 Å². The quantitative estimate of drug-likeness (QED) is 0.364. The number of carboxylic acid groups (broad SMARTS) is 1. The number of nitrogens with one attached hydrogen (secondary N) is 2. The minimum atomic E-state index is -0.845. The fraction of sp³-hybridized carbons (Fsp3) is 0.261. The highest BCUT2D eigenvalue weighted by Crippen LogP contribution is 2.37. The number of hydrogen-bond donors (Lipinski definition) is 3. The zero-order valence-electron chi connectivity index (χ0n) is 17.6. The molecule has 9 heteroatoms. The monoisotopic (exact) mass is 466 g/mol. The van der Waals surface area contributed by atoms with Crippen molar-refractivity contribution < 1.29 is 14.6 Å². The fourth-order valence-electron chi connectivity index (χ4n) is 4.22. The van der Waals surface area contributed by atoms with Crippen molar-refractivity contribution in [2.45, 2.75) is 35.5 Å². The van der Waals surface area contributed by atoms with E-state index in [4.69, 9.17) is 4.74 Å². The van der Waals surface area contributed by atoms with Crippen LogP contribution in [0.25, 0.3) is 10.9 Å². The van der Waals surface area contributed by atoms with E-state index in [9.17, 15) is 9.90 Å². The number of benzene rings is 2. The summed E-state index contributed by atoms with van der Waals surface area (Å²) in [6, 6.07) is 13.2. The summed E-state index contributed by atoms with van der Waals surface area (Å²) < 4.78 is 6.50. The number of nitrogens with zero attached hydrogens (tertiary/aromatic N) is 2. The van der Waals surface area contributed by atoms with E-state index in [1.165, 1.54) is 0 Å². The molecule has 3 N–H and O–H groups in total. The van der Waals surface area contributed by atoms with Crippen LogP contribution in [0.5, 0.6) is 5.75 Å². The molecule has 0 saturated carbocycles. The third-order valence-electron chi connectivity index (χ3n) is 5.71. The van der Waals surface area contributed by atoms with Gasteiger partial charge in [-0.25, -0.2) is 0 Å². The molecule has 2 aromatic heterocycles. The minimum absolute atomic E-state index is 0.259. The van der Waals surface area contributed by atoms with Crippen molar-refractivity contribution in [1.29, 1.82) is 0 Å². The first-order valence-corrected chi connectivity index (χ1v) is 12.0. The van der Waals surface area contributed by atoms with E-state index in [-0.39, 0.29) is 6.04 Å². The zero-order chi connectivity index (χ0) is 22.2. The minimum Gasteiger partial charge on any atom is -0.496 e. The Morgan fingerprint density at radius 1 is 1.28 bits per heavy atom. The van der Waals surface area contributed by atoms with Crippen LogP contribution < -0.4 is 10.1 Å². The Labute approximate surface area is 193 Å². The lowest BCUT2D eigenvalue weighted by Gasteiger charge is -2.30. The molecule has 2 atom stereocenters. The summed E-state index contributed by atoms with van der Waals surface area (Å²) in [5, 5.41) is 23.4. The smallest absolute Gasteiger partial charge is 0.321 e. The van der Waals surface area contributed by atoms with Gasteiger partial charge in [-0.15, -0.1) is 10.2 Å². The van der Waals surface area contributed by atoms with Crippen LogP contribution in [0, 0.1) is 6.92 Å². The molecule has 0 unspecified atom stereocenters. The summed E-state index contributed by atoms with van der Waals surface area (Å²) in [7, 11) is 1.66. The number of para-hydroxylation sites is 1. The molecular weight excluding hydrogens is 444 g/mol. The van der Waals surface area contributed by atoms with E-state index in [0.717, 1.165) is 48.4 Å². The van der Waals surface area contributed by atoms with Gasteiger partial charge >= 0.3 is 5.97 Å². The van der Waals surface area contributed by atoms with Gasteiger partial charge in [-0.05, 0) is 36.2 Å². The Hall–Kier alpha value is -2.88. The van der Waals surface area contributed by atoms with Crippen molar-refractivity contribution in [3.63, 3.8) is 0 Å². The molecule has 4 aromatic rings. The topological polar surface area (TPSA) is 100 Å². The van der Waals surface area contributed by atoms with E-state index >= 15 is 0 Å². The zero-order valence-corrected chi connectivity index (χ0v) is 19.2. The molecule has 0 radical (unpaired) electrons. The molecule has 0 amide bonds. The van der Waals surface area contributed by atoms with Crippen LogP contribution in [-0.2, 0) is 17.0 Å². The number of rotatable bonds is 6. The second-order valence-corrected chi connectivity index (χ2v) is 10.1. The number of thioether (sulfide) groups is 1.